The molecule has 0 amide bonds. The number of imidazole rings is 2. The lowest BCUT2D eigenvalue weighted by molar-refractivity contribution is -0.745. The summed E-state index contributed by atoms with van der Waals surface area (Å²) in [4.78, 5) is 70.6. The Morgan fingerprint density at radius 2 is 1.40 bits per heavy atom. The number of aromatic nitrogens is 8. The molecule has 2 fully saturated rings. The number of ether oxygens (including phenoxy) is 2. The van der Waals surface area contributed by atoms with Crippen molar-refractivity contribution in [2.75, 3.05) is 24.7 Å². The van der Waals surface area contributed by atoms with Gasteiger partial charge in [-0.05, 0) is 0 Å². The van der Waals surface area contributed by atoms with Gasteiger partial charge < -0.3 is 56.0 Å². The van der Waals surface area contributed by atoms with E-state index in [-0.39, 0.29) is 34.2 Å². The second-order valence-corrected chi connectivity index (χ2v) is 15.9. The van der Waals surface area contributed by atoms with Gasteiger partial charge in [0, 0.05) is 0 Å². The number of rotatable bonds is 12. The van der Waals surface area contributed by atoms with Crippen LogP contribution in [0.2, 0.25) is 0 Å². The number of H-pyrrole nitrogens is 2. The second-order valence-electron chi connectivity index (χ2n) is 11.3. The quantitative estimate of drug-likeness (QED) is 0.0474. The van der Waals surface area contributed by atoms with Gasteiger partial charge in [-0.25, -0.2) is 23.2 Å². The van der Waals surface area contributed by atoms with Gasteiger partial charge in [0.05, 0.1) is 26.6 Å². The second kappa shape index (κ2) is 13.7. The average Bonchev–Trinajstić information content (AvgIpc) is 3.74. The highest BCUT2D eigenvalue weighted by Gasteiger charge is 2.50. The number of aromatic amines is 2. The Morgan fingerprint density at radius 3 is 2.04 bits per heavy atom. The molecular weight excluding hydrogens is 773 g/mol. The zero-order valence-electron chi connectivity index (χ0n) is 26.0. The SMILES string of the molecule is Cn1c[n+]([C@@H]2O[C@@H](COP(=O)(O)OP(=O)(O)OP(=O)(O)OC[C@@H]3O[C@@H](n4cnc5c(=O)[nH]c(N)nc54)[C@H](O)[C@H]3O)[C@H](O)[C@H]2O)c2nc(N)[nH]c(=O)c21. The maximum atomic E-state index is 12.5. The minimum Gasteiger partial charge on any atom is -0.387 e. The molecule has 0 aliphatic carbocycles. The molecule has 6 heterocycles. The summed E-state index contributed by atoms with van der Waals surface area (Å²) in [5, 5.41) is 42.0. The molecule has 0 aromatic carbocycles. The summed E-state index contributed by atoms with van der Waals surface area (Å²) in [6, 6.07) is 0. The van der Waals surface area contributed by atoms with E-state index in [1.165, 1.54) is 17.9 Å². The number of nitrogen functional groups attached to an aromatic ring is 2. The van der Waals surface area contributed by atoms with Crippen LogP contribution >= 0.6 is 23.5 Å². The van der Waals surface area contributed by atoms with Crippen molar-refractivity contribution < 1.29 is 80.5 Å². The van der Waals surface area contributed by atoms with Crippen LogP contribution in [0.1, 0.15) is 12.5 Å². The fourth-order valence-corrected chi connectivity index (χ4v) is 8.96. The standard InChI is InChI=1S/C21H29N10O18P3/c1-29-5-31(15-9(29)17(37)28-21(23)26-15)19-13(35)11(33)7(47-19)3-45-51(40,41)49-52(42,43)48-50(38,39)44-2-6-10(32)12(34)18(46-6)30-4-24-8-14(30)25-20(22)27-16(8)36/h4-7,10-13,18-19,32-35H,2-3H2,1H3,(H8-,22,23,25,26,27,28,36,37,38,39,40,41,42,43)/p+1/t6-,7-,10-,11-,12+,13+,18+,19+/m0/s1. The van der Waals surface area contributed by atoms with Crippen LogP contribution in [-0.2, 0) is 47.9 Å². The molecule has 0 spiro atoms. The summed E-state index contributed by atoms with van der Waals surface area (Å²) < 4.78 is 69.1. The Balaban J connectivity index is 1.05. The van der Waals surface area contributed by atoms with Crippen molar-refractivity contribution >= 4 is 57.7 Å². The molecule has 2 saturated heterocycles. The summed E-state index contributed by atoms with van der Waals surface area (Å²) in [6.07, 6.45) is -11.0. The summed E-state index contributed by atoms with van der Waals surface area (Å²) in [5.74, 6) is -0.590. The monoisotopic (exact) mass is 803 g/mol. The molecule has 6 rings (SSSR count). The number of nitrogens with two attached hydrogens (primary N) is 2. The smallest absolute Gasteiger partial charge is 0.387 e. The van der Waals surface area contributed by atoms with Crippen LogP contribution < -0.4 is 27.2 Å². The predicted molar refractivity (Wildman–Crippen MR) is 164 cm³/mol. The molecule has 2 aliphatic rings. The Hall–Kier alpha value is -3.53. The van der Waals surface area contributed by atoms with Crippen molar-refractivity contribution in [3.05, 3.63) is 33.4 Å². The van der Waals surface area contributed by atoms with Crippen LogP contribution in [-0.4, -0.2) is 119 Å². The third-order valence-corrected chi connectivity index (χ3v) is 11.9. The zero-order chi connectivity index (χ0) is 38.1. The molecule has 0 saturated carbocycles. The van der Waals surface area contributed by atoms with Crippen LogP contribution in [0.4, 0.5) is 11.9 Å². The maximum absolute atomic E-state index is 12.5. The van der Waals surface area contributed by atoms with Crippen LogP contribution in [0.5, 0.6) is 0 Å². The number of aliphatic hydroxyl groups is 4. The van der Waals surface area contributed by atoms with E-state index in [0.717, 1.165) is 15.5 Å². The van der Waals surface area contributed by atoms with Gasteiger partial charge in [0.15, 0.2) is 23.7 Å². The van der Waals surface area contributed by atoms with E-state index in [2.05, 4.69) is 42.6 Å². The van der Waals surface area contributed by atoms with Crippen LogP contribution in [0, 0.1) is 0 Å². The number of anilines is 2. The fourth-order valence-electron chi connectivity index (χ4n) is 5.44. The van der Waals surface area contributed by atoms with Crippen molar-refractivity contribution in [1.82, 2.24) is 34.1 Å². The number of phosphoric acid groups is 3. The molecule has 28 nitrogen and oxygen atoms in total. The number of phosphoric ester groups is 2. The Labute approximate surface area is 286 Å². The van der Waals surface area contributed by atoms with Crippen molar-refractivity contribution in [3.8, 4) is 0 Å². The normalized spacial score (nSPS) is 30.1. The average molecular weight is 803 g/mol. The van der Waals surface area contributed by atoms with Crippen LogP contribution in [0.3, 0.4) is 0 Å². The Morgan fingerprint density at radius 1 is 0.846 bits per heavy atom. The highest BCUT2D eigenvalue weighted by molar-refractivity contribution is 7.66. The summed E-state index contributed by atoms with van der Waals surface area (Å²) in [7, 11) is -15.9. The van der Waals surface area contributed by atoms with E-state index in [0.29, 0.717) is 0 Å². The summed E-state index contributed by atoms with van der Waals surface area (Å²) >= 11 is 0. The van der Waals surface area contributed by atoms with Gasteiger partial charge in [0.25, 0.3) is 17.1 Å². The number of nitrogens with zero attached hydrogens (tertiary/aromatic N) is 6. The molecule has 3 unspecified atom stereocenters. The number of hydrogen-bond acceptors (Lipinski definition) is 20. The first-order chi connectivity index (χ1) is 24.2. The minimum absolute atomic E-state index is 0.00983. The van der Waals surface area contributed by atoms with Crippen LogP contribution in [0.25, 0.3) is 22.3 Å². The van der Waals surface area contributed by atoms with E-state index in [1.807, 2.05) is 0 Å². The highest BCUT2D eigenvalue weighted by atomic mass is 31.3. The fraction of sp³-hybridized carbons (Fsp3) is 0.524. The molecular formula is C21H30N10O18P3+. The molecule has 13 N–H and O–H groups in total. The van der Waals surface area contributed by atoms with Crippen molar-refractivity contribution in [2.24, 2.45) is 7.05 Å². The van der Waals surface area contributed by atoms with E-state index in [4.69, 9.17) is 20.9 Å². The molecule has 0 radical (unpaired) electrons. The third-order valence-electron chi connectivity index (χ3n) is 7.68. The third kappa shape index (κ3) is 7.46. The van der Waals surface area contributed by atoms with Crippen molar-refractivity contribution in [3.63, 3.8) is 0 Å². The summed E-state index contributed by atoms with van der Waals surface area (Å²) in [6.45, 7) is -2.18. The first kappa shape index (κ1) is 38.2. The van der Waals surface area contributed by atoms with Crippen molar-refractivity contribution in [1.29, 1.82) is 0 Å². The van der Waals surface area contributed by atoms with E-state index >= 15 is 0 Å². The largest absolute Gasteiger partial charge is 0.490 e. The van der Waals surface area contributed by atoms with Gasteiger partial charge in [-0.3, -0.25) is 37.7 Å². The minimum atomic E-state index is -6.00. The number of fused-ring (bicyclic) bond motifs is 2. The summed E-state index contributed by atoms with van der Waals surface area (Å²) in [5.41, 5.74) is 9.37. The van der Waals surface area contributed by atoms with Crippen molar-refractivity contribution in [2.45, 2.75) is 49.1 Å². The zero-order valence-corrected chi connectivity index (χ0v) is 28.7. The lowest BCUT2D eigenvalue weighted by Gasteiger charge is -2.21. The van der Waals surface area contributed by atoms with E-state index < -0.39 is 96.9 Å². The van der Waals surface area contributed by atoms with E-state index in [1.54, 1.807) is 0 Å². The lowest BCUT2D eigenvalue weighted by Crippen LogP contribution is -2.46. The topological polar surface area (TPSA) is 418 Å². The Bertz CT molecular complexity index is 2280. The molecule has 11 atom stereocenters. The molecule has 31 heteroatoms. The van der Waals surface area contributed by atoms with Gasteiger partial charge >= 0.3 is 29.1 Å². The van der Waals surface area contributed by atoms with Gasteiger partial charge in [-0.1, -0.05) is 4.98 Å². The van der Waals surface area contributed by atoms with Gasteiger partial charge in [0.2, 0.25) is 17.7 Å². The van der Waals surface area contributed by atoms with E-state index in [9.17, 15) is 58.4 Å². The molecule has 0 bridgehead atoms. The first-order valence-corrected chi connectivity index (χ1v) is 18.9. The van der Waals surface area contributed by atoms with Gasteiger partial charge in [-0.15, -0.1) is 0 Å². The number of nitrogens with one attached hydrogen (secondary N) is 2. The van der Waals surface area contributed by atoms with Gasteiger partial charge in [-0.2, -0.15) is 13.6 Å². The molecule has 4 aromatic heterocycles. The first-order valence-electron chi connectivity index (χ1n) is 14.4. The molecule has 4 aromatic rings. The maximum Gasteiger partial charge on any atom is 0.490 e. The predicted octanol–water partition coefficient (Wildman–Crippen LogP) is -4.55. The number of hydrogen-bond donors (Lipinski definition) is 11. The molecule has 52 heavy (non-hydrogen) atoms. The van der Waals surface area contributed by atoms with Crippen LogP contribution in [0.15, 0.2) is 22.2 Å². The number of aliphatic hydroxyl groups excluding tert-OH is 4. The lowest BCUT2D eigenvalue weighted by atomic mass is 10.1. The molecule has 286 valence electrons. The Kier molecular flexibility index (Phi) is 10.1. The number of aryl methyl sites for hydroxylation is 1. The molecule has 2 aliphatic heterocycles. The highest BCUT2D eigenvalue weighted by Crippen LogP contribution is 2.67. The van der Waals surface area contributed by atoms with Gasteiger partial charge in [0.1, 0.15) is 36.6 Å².